The average Bonchev–Trinajstić information content (AvgIpc) is 2.93. The number of carbonyl (C=O) groups excluding carboxylic acids is 4. The Morgan fingerprint density at radius 2 is 1.81 bits per heavy atom. The second kappa shape index (κ2) is 6.67. The lowest BCUT2D eigenvalue weighted by Gasteiger charge is -2.19. The standard InChI is InChI=1S/C19H17NO6/c1-4-25-18(23)11-9(3)12(19(24)26-5-2)14-13(11)16(21)10-7-6-8-20-15(10)17(14)22/h6-8,11H,4-5H2,1-3H3. The van der Waals surface area contributed by atoms with Gasteiger partial charge >= 0.3 is 11.9 Å². The smallest absolute Gasteiger partial charge is 0.338 e. The van der Waals surface area contributed by atoms with Crippen LogP contribution in [0, 0.1) is 5.92 Å². The van der Waals surface area contributed by atoms with Crippen LogP contribution in [0.5, 0.6) is 0 Å². The van der Waals surface area contributed by atoms with Crippen LogP contribution in [0.4, 0.5) is 0 Å². The summed E-state index contributed by atoms with van der Waals surface area (Å²) in [4.78, 5) is 54.9. The molecule has 2 aliphatic carbocycles. The number of nitrogens with zero attached hydrogens (tertiary/aromatic N) is 1. The summed E-state index contributed by atoms with van der Waals surface area (Å²) >= 11 is 0. The van der Waals surface area contributed by atoms with Crippen molar-refractivity contribution in [3.05, 3.63) is 51.9 Å². The maximum atomic E-state index is 13.0. The summed E-state index contributed by atoms with van der Waals surface area (Å²) in [6, 6.07) is 3.02. The number of ether oxygens (including phenoxy) is 2. The van der Waals surface area contributed by atoms with Gasteiger partial charge in [0.25, 0.3) is 0 Å². The van der Waals surface area contributed by atoms with Crippen molar-refractivity contribution < 1.29 is 28.7 Å². The highest BCUT2D eigenvalue weighted by Crippen LogP contribution is 2.44. The summed E-state index contributed by atoms with van der Waals surface area (Å²) < 4.78 is 10.1. The van der Waals surface area contributed by atoms with Crippen molar-refractivity contribution in [1.82, 2.24) is 4.98 Å². The molecule has 26 heavy (non-hydrogen) atoms. The number of Topliss-reactive ketones (excluding diaryl/α,β-unsaturated/α-hetero) is 2. The Hall–Kier alpha value is -3.09. The number of esters is 2. The molecule has 0 spiro atoms. The first kappa shape index (κ1) is 17.7. The molecular formula is C19H17NO6. The predicted octanol–water partition coefficient (Wildman–Crippen LogP) is 1.83. The van der Waals surface area contributed by atoms with Crippen LogP contribution in [0.3, 0.4) is 0 Å². The van der Waals surface area contributed by atoms with E-state index < -0.39 is 29.4 Å². The molecule has 7 nitrogen and oxygen atoms in total. The third-order valence-corrected chi connectivity index (χ3v) is 4.38. The van der Waals surface area contributed by atoms with Gasteiger partial charge in [0.1, 0.15) is 11.6 Å². The molecule has 1 unspecified atom stereocenters. The van der Waals surface area contributed by atoms with Gasteiger partial charge in [0.05, 0.1) is 24.4 Å². The summed E-state index contributed by atoms with van der Waals surface area (Å²) in [5.41, 5.74) is 0.180. The molecule has 0 amide bonds. The van der Waals surface area contributed by atoms with Gasteiger partial charge in [-0.3, -0.25) is 19.4 Å². The number of hydrogen-bond acceptors (Lipinski definition) is 7. The molecule has 0 aromatic carbocycles. The summed E-state index contributed by atoms with van der Waals surface area (Å²) in [6.45, 7) is 5.01. The van der Waals surface area contributed by atoms with Crippen molar-refractivity contribution in [2.45, 2.75) is 20.8 Å². The Bertz CT molecular complexity index is 908. The molecule has 1 atom stereocenters. The van der Waals surface area contributed by atoms with Gasteiger partial charge in [-0.15, -0.1) is 0 Å². The zero-order chi connectivity index (χ0) is 19.0. The van der Waals surface area contributed by atoms with E-state index in [4.69, 9.17) is 9.47 Å². The number of aromatic nitrogens is 1. The van der Waals surface area contributed by atoms with Crippen LogP contribution in [-0.2, 0) is 19.1 Å². The van der Waals surface area contributed by atoms with E-state index in [0.717, 1.165) is 0 Å². The first-order valence-corrected chi connectivity index (χ1v) is 8.27. The molecule has 1 aromatic rings. The number of rotatable bonds is 4. The minimum absolute atomic E-state index is 0.0321. The molecule has 134 valence electrons. The van der Waals surface area contributed by atoms with Gasteiger partial charge in [0.15, 0.2) is 5.78 Å². The minimum atomic E-state index is -1.10. The van der Waals surface area contributed by atoms with Crippen molar-refractivity contribution >= 4 is 23.5 Å². The van der Waals surface area contributed by atoms with E-state index in [-0.39, 0.29) is 46.8 Å². The van der Waals surface area contributed by atoms with Gasteiger partial charge in [-0.25, -0.2) is 4.79 Å². The third kappa shape index (κ3) is 2.47. The van der Waals surface area contributed by atoms with E-state index in [1.54, 1.807) is 13.8 Å². The number of fused-ring (bicyclic) bond motifs is 1. The first-order valence-electron chi connectivity index (χ1n) is 8.27. The monoisotopic (exact) mass is 355 g/mol. The normalized spacial score (nSPS) is 18.7. The summed E-state index contributed by atoms with van der Waals surface area (Å²) in [5.74, 6) is -3.59. The van der Waals surface area contributed by atoms with Crippen molar-refractivity contribution in [2.75, 3.05) is 13.2 Å². The number of carbonyl (C=O) groups is 4. The van der Waals surface area contributed by atoms with Crippen LogP contribution in [0.1, 0.15) is 41.6 Å². The number of hydrogen-bond donors (Lipinski definition) is 0. The lowest BCUT2D eigenvalue weighted by molar-refractivity contribution is -0.145. The molecule has 7 heteroatoms. The Kier molecular flexibility index (Phi) is 4.54. The summed E-state index contributed by atoms with van der Waals surface area (Å²) in [7, 11) is 0. The SMILES string of the molecule is CCOC(=O)C1=C(C)C(C(=O)OCC)C2=C1C(=O)c1ncccc1C2=O. The van der Waals surface area contributed by atoms with Crippen LogP contribution >= 0.6 is 0 Å². The highest BCUT2D eigenvalue weighted by Gasteiger charge is 2.49. The highest BCUT2D eigenvalue weighted by molar-refractivity contribution is 6.32. The van der Waals surface area contributed by atoms with Gasteiger partial charge in [0, 0.05) is 17.3 Å². The molecule has 0 saturated carbocycles. The second-order valence-corrected chi connectivity index (χ2v) is 5.81. The van der Waals surface area contributed by atoms with Crippen LogP contribution in [0.25, 0.3) is 0 Å². The zero-order valence-electron chi connectivity index (χ0n) is 14.6. The van der Waals surface area contributed by atoms with Crippen LogP contribution in [0.2, 0.25) is 0 Å². The molecule has 0 radical (unpaired) electrons. The summed E-state index contributed by atoms with van der Waals surface area (Å²) in [5, 5.41) is 0. The van der Waals surface area contributed by atoms with Crippen LogP contribution in [0.15, 0.2) is 40.6 Å². The molecule has 3 rings (SSSR count). The Morgan fingerprint density at radius 3 is 2.46 bits per heavy atom. The topological polar surface area (TPSA) is 99.6 Å². The van der Waals surface area contributed by atoms with Crippen molar-refractivity contribution in [1.29, 1.82) is 0 Å². The van der Waals surface area contributed by atoms with Crippen LogP contribution < -0.4 is 0 Å². The molecule has 0 aliphatic heterocycles. The van der Waals surface area contributed by atoms with Gasteiger partial charge in [0.2, 0.25) is 5.78 Å². The molecule has 1 heterocycles. The number of pyridine rings is 1. The van der Waals surface area contributed by atoms with E-state index in [1.165, 1.54) is 25.3 Å². The minimum Gasteiger partial charge on any atom is -0.465 e. The maximum Gasteiger partial charge on any atom is 0.338 e. The lowest BCUT2D eigenvalue weighted by atomic mass is 9.83. The molecule has 0 saturated heterocycles. The fourth-order valence-electron chi connectivity index (χ4n) is 3.34. The van der Waals surface area contributed by atoms with Gasteiger partial charge in [-0.2, -0.15) is 0 Å². The van der Waals surface area contributed by atoms with E-state index in [9.17, 15) is 19.2 Å². The van der Waals surface area contributed by atoms with E-state index in [2.05, 4.69) is 4.98 Å². The molecular weight excluding hydrogens is 338 g/mol. The second-order valence-electron chi connectivity index (χ2n) is 5.81. The first-order chi connectivity index (χ1) is 12.4. The van der Waals surface area contributed by atoms with Crippen molar-refractivity contribution in [3.63, 3.8) is 0 Å². The van der Waals surface area contributed by atoms with Gasteiger partial charge in [-0.1, -0.05) is 0 Å². The quantitative estimate of drug-likeness (QED) is 0.760. The fraction of sp³-hybridized carbons (Fsp3) is 0.316. The zero-order valence-corrected chi connectivity index (χ0v) is 14.6. The molecule has 0 bridgehead atoms. The van der Waals surface area contributed by atoms with Crippen molar-refractivity contribution in [3.8, 4) is 0 Å². The fourth-order valence-corrected chi connectivity index (χ4v) is 3.34. The largest absolute Gasteiger partial charge is 0.465 e. The predicted molar refractivity (Wildman–Crippen MR) is 89.4 cm³/mol. The van der Waals surface area contributed by atoms with Gasteiger partial charge in [-0.05, 0) is 38.5 Å². The highest BCUT2D eigenvalue weighted by atomic mass is 16.5. The molecule has 0 fully saturated rings. The average molecular weight is 355 g/mol. The van der Waals surface area contributed by atoms with E-state index in [0.29, 0.717) is 0 Å². The van der Waals surface area contributed by atoms with Gasteiger partial charge < -0.3 is 9.47 Å². The van der Waals surface area contributed by atoms with E-state index in [1.807, 2.05) is 0 Å². The molecule has 2 aliphatic rings. The summed E-state index contributed by atoms with van der Waals surface area (Å²) in [6.07, 6.45) is 1.40. The molecule has 1 aromatic heterocycles. The van der Waals surface area contributed by atoms with Crippen LogP contribution in [-0.4, -0.2) is 41.7 Å². The number of ketones is 2. The lowest BCUT2D eigenvalue weighted by Crippen LogP contribution is -2.29. The van der Waals surface area contributed by atoms with E-state index >= 15 is 0 Å². The Balaban J connectivity index is 2.24. The molecule has 0 N–H and O–H groups in total. The Morgan fingerprint density at radius 1 is 1.12 bits per heavy atom. The van der Waals surface area contributed by atoms with Crippen molar-refractivity contribution in [2.24, 2.45) is 5.92 Å². The maximum absolute atomic E-state index is 13.0. The third-order valence-electron chi connectivity index (χ3n) is 4.38. The Labute approximate surface area is 149 Å².